The van der Waals surface area contributed by atoms with E-state index < -0.39 is 0 Å². The van der Waals surface area contributed by atoms with Crippen molar-refractivity contribution in [1.29, 1.82) is 0 Å². The van der Waals surface area contributed by atoms with Crippen LogP contribution in [0.2, 0.25) is 0 Å². The SMILES string of the molecule is Fc1ccc(-c2nnc(SC3CCCCC3)n2-c2ccccc2)cc1. The lowest BCUT2D eigenvalue weighted by Crippen LogP contribution is -2.09. The number of nitrogens with zero attached hydrogens (tertiary/aromatic N) is 3. The zero-order valence-electron chi connectivity index (χ0n) is 13.9. The number of thioether (sulfide) groups is 1. The van der Waals surface area contributed by atoms with E-state index >= 15 is 0 Å². The molecule has 1 heterocycles. The summed E-state index contributed by atoms with van der Waals surface area (Å²) in [5.41, 5.74) is 1.90. The van der Waals surface area contributed by atoms with Gasteiger partial charge >= 0.3 is 0 Å². The zero-order valence-corrected chi connectivity index (χ0v) is 14.8. The first-order valence-electron chi connectivity index (χ1n) is 8.75. The van der Waals surface area contributed by atoms with Crippen molar-refractivity contribution in [2.45, 2.75) is 42.5 Å². The summed E-state index contributed by atoms with van der Waals surface area (Å²) in [7, 11) is 0. The monoisotopic (exact) mass is 353 g/mol. The number of halogens is 1. The van der Waals surface area contributed by atoms with Gasteiger partial charge in [-0.2, -0.15) is 0 Å². The number of para-hydroxylation sites is 1. The molecule has 3 nitrogen and oxygen atoms in total. The third-order valence-electron chi connectivity index (χ3n) is 4.57. The molecule has 0 spiro atoms. The van der Waals surface area contributed by atoms with E-state index in [4.69, 9.17) is 0 Å². The van der Waals surface area contributed by atoms with Crippen molar-refractivity contribution in [2.24, 2.45) is 0 Å². The molecule has 128 valence electrons. The minimum atomic E-state index is -0.244. The zero-order chi connectivity index (χ0) is 17.1. The highest BCUT2D eigenvalue weighted by Crippen LogP contribution is 2.35. The van der Waals surface area contributed by atoms with Gasteiger partial charge in [0.1, 0.15) is 5.82 Å². The molecule has 0 radical (unpaired) electrons. The molecule has 1 saturated carbocycles. The van der Waals surface area contributed by atoms with Crippen molar-refractivity contribution in [1.82, 2.24) is 14.8 Å². The minimum Gasteiger partial charge on any atom is -0.270 e. The van der Waals surface area contributed by atoms with Crippen molar-refractivity contribution in [2.75, 3.05) is 0 Å². The maximum Gasteiger partial charge on any atom is 0.196 e. The lowest BCUT2D eigenvalue weighted by molar-refractivity contribution is 0.515. The molecule has 0 N–H and O–H groups in total. The fraction of sp³-hybridized carbons (Fsp3) is 0.300. The summed E-state index contributed by atoms with van der Waals surface area (Å²) in [4.78, 5) is 0. The lowest BCUT2D eigenvalue weighted by Gasteiger charge is -2.20. The maximum absolute atomic E-state index is 13.3. The molecule has 0 atom stereocenters. The minimum absolute atomic E-state index is 0.244. The van der Waals surface area contributed by atoms with Crippen molar-refractivity contribution in [3.05, 3.63) is 60.4 Å². The number of aromatic nitrogens is 3. The van der Waals surface area contributed by atoms with Crippen LogP contribution in [-0.4, -0.2) is 20.0 Å². The van der Waals surface area contributed by atoms with Crippen LogP contribution in [0.15, 0.2) is 59.8 Å². The highest BCUT2D eigenvalue weighted by atomic mass is 32.2. The molecule has 4 rings (SSSR count). The maximum atomic E-state index is 13.3. The Morgan fingerprint density at radius 2 is 1.60 bits per heavy atom. The average Bonchev–Trinajstić information content (AvgIpc) is 3.07. The molecular weight excluding hydrogens is 333 g/mol. The van der Waals surface area contributed by atoms with Gasteiger partial charge in [-0.1, -0.05) is 49.2 Å². The molecule has 2 aromatic carbocycles. The fourth-order valence-electron chi connectivity index (χ4n) is 3.27. The summed E-state index contributed by atoms with van der Waals surface area (Å²) in [5.74, 6) is 0.510. The highest BCUT2D eigenvalue weighted by molar-refractivity contribution is 7.99. The molecular formula is C20H20FN3S. The van der Waals surface area contributed by atoms with Crippen LogP contribution in [0.3, 0.4) is 0 Å². The Hall–Kier alpha value is -2.14. The summed E-state index contributed by atoms with van der Waals surface area (Å²) >= 11 is 1.82. The van der Waals surface area contributed by atoms with Crippen LogP contribution in [0.25, 0.3) is 17.1 Å². The highest BCUT2D eigenvalue weighted by Gasteiger charge is 2.21. The Kier molecular flexibility index (Phi) is 4.83. The second-order valence-corrected chi connectivity index (χ2v) is 7.63. The number of hydrogen-bond donors (Lipinski definition) is 0. The Bertz CT molecular complexity index is 824. The van der Waals surface area contributed by atoms with Gasteiger partial charge in [-0.25, -0.2) is 4.39 Å². The molecule has 25 heavy (non-hydrogen) atoms. The fourth-order valence-corrected chi connectivity index (χ4v) is 4.53. The van der Waals surface area contributed by atoms with Crippen LogP contribution < -0.4 is 0 Å². The van der Waals surface area contributed by atoms with Gasteiger partial charge in [0.2, 0.25) is 0 Å². The van der Waals surface area contributed by atoms with E-state index in [1.54, 1.807) is 12.1 Å². The Morgan fingerprint density at radius 1 is 0.880 bits per heavy atom. The molecule has 0 bridgehead atoms. The normalized spacial score (nSPS) is 15.4. The molecule has 1 aromatic heterocycles. The second kappa shape index (κ2) is 7.40. The third kappa shape index (κ3) is 3.61. The van der Waals surface area contributed by atoms with E-state index in [0.717, 1.165) is 22.2 Å². The van der Waals surface area contributed by atoms with Crippen LogP contribution >= 0.6 is 11.8 Å². The van der Waals surface area contributed by atoms with Crippen LogP contribution in [0.4, 0.5) is 4.39 Å². The molecule has 1 aliphatic carbocycles. The molecule has 5 heteroatoms. The van der Waals surface area contributed by atoms with Gasteiger partial charge in [0.05, 0.1) is 0 Å². The Labute approximate surface area is 151 Å². The van der Waals surface area contributed by atoms with Gasteiger partial charge in [-0.3, -0.25) is 4.57 Å². The summed E-state index contributed by atoms with van der Waals surface area (Å²) in [6, 6.07) is 16.6. The summed E-state index contributed by atoms with van der Waals surface area (Å²) < 4.78 is 15.4. The van der Waals surface area contributed by atoms with Crippen LogP contribution in [0, 0.1) is 5.82 Å². The largest absolute Gasteiger partial charge is 0.270 e. The van der Waals surface area contributed by atoms with Crippen LogP contribution in [0.1, 0.15) is 32.1 Å². The molecule has 0 aliphatic heterocycles. The quantitative estimate of drug-likeness (QED) is 0.621. The topological polar surface area (TPSA) is 30.7 Å². The van der Waals surface area contributed by atoms with Gasteiger partial charge in [0.25, 0.3) is 0 Å². The van der Waals surface area contributed by atoms with E-state index in [0.29, 0.717) is 5.25 Å². The number of benzene rings is 2. The van der Waals surface area contributed by atoms with Gasteiger partial charge in [0, 0.05) is 16.5 Å². The standard InChI is InChI=1S/C20H20FN3S/c21-16-13-11-15(12-14-16)19-22-23-20(25-18-9-5-2-6-10-18)24(19)17-7-3-1-4-8-17/h1,3-4,7-8,11-14,18H,2,5-6,9-10H2. The first-order chi connectivity index (χ1) is 12.3. The predicted molar refractivity (Wildman–Crippen MR) is 99.5 cm³/mol. The van der Waals surface area contributed by atoms with Crippen LogP contribution in [-0.2, 0) is 0 Å². The van der Waals surface area contributed by atoms with Gasteiger partial charge < -0.3 is 0 Å². The van der Waals surface area contributed by atoms with Gasteiger partial charge in [0.15, 0.2) is 11.0 Å². The lowest BCUT2D eigenvalue weighted by atomic mass is 10.0. The van der Waals surface area contributed by atoms with Gasteiger partial charge in [-0.05, 0) is 49.2 Å². The molecule has 0 unspecified atom stereocenters. The Balaban J connectivity index is 1.75. The van der Waals surface area contributed by atoms with Crippen LogP contribution in [0.5, 0.6) is 0 Å². The summed E-state index contributed by atoms with van der Waals surface area (Å²) in [6.07, 6.45) is 6.39. The molecule has 0 saturated heterocycles. The third-order valence-corrected chi connectivity index (χ3v) is 5.85. The van der Waals surface area contributed by atoms with Crippen molar-refractivity contribution in [3.63, 3.8) is 0 Å². The molecule has 0 amide bonds. The second-order valence-electron chi connectivity index (χ2n) is 6.36. The van der Waals surface area contributed by atoms with E-state index in [9.17, 15) is 4.39 Å². The van der Waals surface area contributed by atoms with E-state index in [-0.39, 0.29) is 5.82 Å². The summed E-state index contributed by atoms with van der Waals surface area (Å²) in [6.45, 7) is 0. The smallest absolute Gasteiger partial charge is 0.196 e. The molecule has 1 aliphatic rings. The van der Waals surface area contributed by atoms with Crippen molar-refractivity contribution >= 4 is 11.8 Å². The predicted octanol–water partition coefficient (Wildman–Crippen LogP) is 5.50. The van der Waals surface area contributed by atoms with E-state index in [1.165, 1.54) is 44.2 Å². The van der Waals surface area contributed by atoms with E-state index in [1.807, 2.05) is 30.0 Å². The van der Waals surface area contributed by atoms with Crippen molar-refractivity contribution < 1.29 is 4.39 Å². The van der Waals surface area contributed by atoms with E-state index in [2.05, 4.69) is 26.9 Å². The van der Waals surface area contributed by atoms with Crippen molar-refractivity contribution in [3.8, 4) is 17.1 Å². The first kappa shape index (κ1) is 16.3. The average molecular weight is 353 g/mol. The summed E-state index contributed by atoms with van der Waals surface area (Å²) in [5, 5.41) is 10.4. The number of rotatable bonds is 4. The molecule has 3 aromatic rings. The Morgan fingerprint density at radius 3 is 2.32 bits per heavy atom. The first-order valence-corrected chi connectivity index (χ1v) is 9.63. The number of hydrogen-bond acceptors (Lipinski definition) is 3. The van der Waals surface area contributed by atoms with Gasteiger partial charge in [-0.15, -0.1) is 10.2 Å². The molecule has 1 fully saturated rings.